The number of carbonyl (C=O) groups excluding carboxylic acids is 1. The van der Waals surface area contributed by atoms with Gasteiger partial charge in [0.1, 0.15) is 11.8 Å². The second kappa shape index (κ2) is 11.0. The molecule has 1 atom stereocenters. The molecular weight excluding hydrogens is 414 g/mol. The Bertz CT molecular complexity index is 957. The first-order chi connectivity index (χ1) is 14.7. The maximum atomic E-state index is 13.0. The standard InChI is InChI=1S/C23H33N3O4S/c1-6-22(26(31(5,28)29)20-10-9-11-21(16-20)30-4)23(27)24-17-18-12-14-19(15-13-18)25(7-2)8-3/h9-16,22H,6-8,17H2,1-5H3,(H,24,27). The number of sulfonamides is 1. The van der Waals surface area contributed by atoms with Crippen molar-refractivity contribution in [2.24, 2.45) is 0 Å². The minimum absolute atomic E-state index is 0.323. The third kappa shape index (κ3) is 6.37. The molecule has 0 fully saturated rings. The van der Waals surface area contributed by atoms with Crippen molar-refractivity contribution in [3.8, 4) is 5.75 Å². The van der Waals surface area contributed by atoms with Crippen LogP contribution in [-0.4, -0.2) is 46.8 Å². The van der Waals surface area contributed by atoms with Crippen molar-refractivity contribution in [3.05, 3.63) is 54.1 Å². The van der Waals surface area contributed by atoms with Crippen molar-refractivity contribution in [3.63, 3.8) is 0 Å². The largest absolute Gasteiger partial charge is 0.497 e. The van der Waals surface area contributed by atoms with Crippen molar-refractivity contribution in [1.82, 2.24) is 5.32 Å². The topological polar surface area (TPSA) is 79.0 Å². The van der Waals surface area contributed by atoms with E-state index in [0.717, 1.165) is 34.9 Å². The summed E-state index contributed by atoms with van der Waals surface area (Å²) in [6.45, 7) is 8.19. The van der Waals surface area contributed by atoms with Crippen LogP contribution < -0.4 is 19.3 Å². The van der Waals surface area contributed by atoms with Gasteiger partial charge in [-0.05, 0) is 50.1 Å². The van der Waals surface area contributed by atoms with Gasteiger partial charge in [0.2, 0.25) is 15.9 Å². The predicted molar refractivity (Wildman–Crippen MR) is 126 cm³/mol. The van der Waals surface area contributed by atoms with Crippen LogP contribution in [0.3, 0.4) is 0 Å². The molecule has 2 rings (SSSR count). The van der Waals surface area contributed by atoms with Gasteiger partial charge in [-0.15, -0.1) is 0 Å². The Hall–Kier alpha value is -2.74. The molecule has 1 unspecified atom stereocenters. The summed E-state index contributed by atoms with van der Waals surface area (Å²) in [6.07, 6.45) is 1.44. The van der Waals surface area contributed by atoms with Gasteiger partial charge >= 0.3 is 0 Å². The number of benzene rings is 2. The Morgan fingerprint density at radius 1 is 1.03 bits per heavy atom. The summed E-state index contributed by atoms with van der Waals surface area (Å²) >= 11 is 0. The molecule has 0 aromatic heterocycles. The maximum Gasteiger partial charge on any atom is 0.244 e. The van der Waals surface area contributed by atoms with E-state index in [1.165, 1.54) is 7.11 Å². The molecule has 0 bridgehead atoms. The lowest BCUT2D eigenvalue weighted by Gasteiger charge is -2.30. The van der Waals surface area contributed by atoms with E-state index in [-0.39, 0.29) is 5.91 Å². The second-order valence-electron chi connectivity index (χ2n) is 7.24. The van der Waals surface area contributed by atoms with Crippen molar-refractivity contribution in [2.75, 3.05) is 35.7 Å². The molecule has 0 saturated carbocycles. The van der Waals surface area contributed by atoms with Gasteiger partial charge in [-0.3, -0.25) is 9.10 Å². The first-order valence-electron chi connectivity index (χ1n) is 10.5. The van der Waals surface area contributed by atoms with Crippen LogP contribution in [0.25, 0.3) is 0 Å². The number of ether oxygens (including phenoxy) is 1. The third-order valence-electron chi connectivity index (χ3n) is 5.17. The first kappa shape index (κ1) is 24.5. The lowest BCUT2D eigenvalue weighted by molar-refractivity contribution is -0.122. The highest BCUT2D eigenvalue weighted by molar-refractivity contribution is 7.92. The molecule has 0 saturated heterocycles. The second-order valence-corrected chi connectivity index (χ2v) is 9.10. The van der Waals surface area contributed by atoms with E-state index in [0.29, 0.717) is 24.4 Å². The third-order valence-corrected chi connectivity index (χ3v) is 6.35. The number of amides is 1. The highest BCUT2D eigenvalue weighted by atomic mass is 32.2. The number of anilines is 2. The average molecular weight is 448 g/mol. The van der Waals surface area contributed by atoms with E-state index in [1.807, 2.05) is 24.3 Å². The molecule has 0 spiro atoms. The van der Waals surface area contributed by atoms with Crippen LogP contribution in [0.2, 0.25) is 0 Å². The van der Waals surface area contributed by atoms with E-state index in [2.05, 4.69) is 24.1 Å². The van der Waals surface area contributed by atoms with Gasteiger partial charge in [-0.25, -0.2) is 8.42 Å². The number of hydrogen-bond donors (Lipinski definition) is 1. The Morgan fingerprint density at radius 3 is 2.19 bits per heavy atom. The van der Waals surface area contributed by atoms with Gasteiger partial charge < -0.3 is 15.0 Å². The molecule has 7 nitrogen and oxygen atoms in total. The number of methoxy groups -OCH3 is 1. The Morgan fingerprint density at radius 2 is 1.68 bits per heavy atom. The molecule has 8 heteroatoms. The van der Waals surface area contributed by atoms with Crippen LogP contribution in [0.1, 0.15) is 32.8 Å². The Kier molecular flexibility index (Phi) is 8.74. The number of nitrogens with zero attached hydrogens (tertiary/aromatic N) is 2. The van der Waals surface area contributed by atoms with E-state index in [1.54, 1.807) is 31.2 Å². The van der Waals surface area contributed by atoms with E-state index >= 15 is 0 Å². The van der Waals surface area contributed by atoms with Crippen LogP contribution in [0.4, 0.5) is 11.4 Å². The SMILES string of the molecule is CCC(C(=O)NCc1ccc(N(CC)CC)cc1)N(c1cccc(OC)c1)S(C)(=O)=O. The smallest absolute Gasteiger partial charge is 0.244 e. The number of carbonyl (C=O) groups is 1. The zero-order valence-electron chi connectivity index (χ0n) is 19.0. The van der Waals surface area contributed by atoms with Crippen LogP contribution in [0.15, 0.2) is 48.5 Å². The normalized spacial score (nSPS) is 12.2. The minimum Gasteiger partial charge on any atom is -0.497 e. The fourth-order valence-electron chi connectivity index (χ4n) is 3.53. The van der Waals surface area contributed by atoms with Crippen LogP contribution >= 0.6 is 0 Å². The zero-order valence-corrected chi connectivity index (χ0v) is 19.8. The van der Waals surface area contributed by atoms with Crippen LogP contribution in [0, 0.1) is 0 Å². The van der Waals surface area contributed by atoms with E-state index in [4.69, 9.17) is 4.74 Å². The molecule has 2 aromatic rings. The predicted octanol–water partition coefficient (Wildman–Crippen LogP) is 3.40. The molecule has 2 aromatic carbocycles. The van der Waals surface area contributed by atoms with E-state index < -0.39 is 16.1 Å². The molecule has 0 aliphatic rings. The lowest BCUT2D eigenvalue weighted by Crippen LogP contribution is -2.49. The van der Waals surface area contributed by atoms with Gasteiger partial charge in [0, 0.05) is 31.4 Å². The van der Waals surface area contributed by atoms with Crippen molar-refractivity contribution in [2.45, 2.75) is 39.8 Å². The maximum absolute atomic E-state index is 13.0. The Labute approximate surface area is 186 Å². The summed E-state index contributed by atoms with van der Waals surface area (Å²) in [5.74, 6) is 0.179. The lowest BCUT2D eigenvalue weighted by atomic mass is 10.1. The first-order valence-corrected chi connectivity index (χ1v) is 12.3. The van der Waals surface area contributed by atoms with Gasteiger partial charge in [0.05, 0.1) is 19.1 Å². The highest BCUT2D eigenvalue weighted by Gasteiger charge is 2.31. The zero-order chi connectivity index (χ0) is 23.0. The summed E-state index contributed by atoms with van der Waals surface area (Å²) in [5, 5.41) is 2.89. The molecule has 170 valence electrons. The number of nitrogens with one attached hydrogen (secondary N) is 1. The van der Waals surface area contributed by atoms with Gasteiger partial charge in [-0.2, -0.15) is 0 Å². The van der Waals surface area contributed by atoms with Gasteiger partial charge in [0.25, 0.3) is 0 Å². The fourth-order valence-corrected chi connectivity index (χ4v) is 4.73. The van der Waals surface area contributed by atoms with Crippen molar-refractivity contribution < 1.29 is 17.9 Å². The molecular formula is C23H33N3O4S. The summed E-state index contributed by atoms with van der Waals surface area (Å²) in [6, 6.07) is 13.9. The van der Waals surface area contributed by atoms with Gasteiger partial charge in [0.15, 0.2) is 0 Å². The average Bonchev–Trinajstić information content (AvgIpc) is 2.76. The van der Waals surface area contributed by atoms with Crippen LogP contribution in [-0.2, 0) is 21.4 Å². The number of rotatable bonds is 11. The molecule has 31 heavy (non-hydrogen) atoms. The summed E-state index contributed by atoms with van der Waals surface area (Å²) < 4.78 is 31.5. The molecule has 1 N–H and O–H groups in total. The molecule has 0 radical (unpaired) electrons. The quantitative estimate of drug-likeness (QED) is 0.571. The van der Waals surface area contributed by atoms with Crippen molar-refractivity contribution in [1.29, 1.82) is 0 Å². The molecule has 0 heterocycles. The van der Waals surface area contributed by atoms with Crippen LogP contribution in [0.5, 0.6) is 5.75 Å². The van der Waals surface area contributed by atoms with E-state index in [9.17, 15) is 13.2 Å². The van der Waals surface area contributed by atoms with Crippen molar-refractivity contribution >= 4 is 27.3 Å². The highest BCUT2D eigenvalue weighted by Crippen LogP contribution is 2.26. The molecule has 0 aliphatic heterocycles. The van der Waals surface area contributed by atoms with Gasteiger partial charge in [-0.1, -0.05) is 25.1 Å². The molecule has 0 aliphatic carbocycles. The minimum atomic E-state index is -3.69. The Balaban J connectivity index is 2.18. The number of hydrogen-bond acceptors (Lipinski definition) is 5. The summed E-state index contributed by atoms with van der Waals surface area (Å²) in [7, 11) is -2.18. The summed E-state index contributed by atoms with van der Waals surface area (Å²) in [4.78, 5) is 15.2. The molecule has 1 amide bonds. The summed E-state index contributed by atoms with van der Waals surface area (Å²) in [5.41, 5.74) is 2.48. The fraction of sp³-hybridized carbons (Fsp3) is 0.435. The monoisotopic (exact) mass is 447 g/mol.